The fourth-order valence-corrected chi connectivity index (χ4v) is 3.77. The van der Waals surface area contributed by atoms with Gasteiger partial charge >= 0.3 is 5.63 Å². The van der Waals surface area contributed by atoms with Crippen LogP contribution in [0.3, 0.4) is 0 Å². The Morgan fingerprint density at radius 2 is 1.96 bits per heavy atom. The molecule has 1 unspecified atom stereocenters. The Hall–Kier alpha value is -2.55. The van der Waals surface area contributed by atoms with E-state index in [0.29, 0.717) is 11.1 Å². The van der Waals surface area contributed by atoms with Gasteiger partial charge in [0.15, 0.2) is 0 Å². The Morgan fingerprint density at radius 1 is 1.15 bits per heavy atom. The minimum Gasteiger partial charge on any atom is -0.422 e. The molecule has 2 heterocycles. The van der Waals surface area contributed by atoms with Crippen LogP contribution in [0.1, 0.15) is 32.3 Å². The Morgan fingerprint density at radius 3 is 2.73 bits per heavy atom. The SMILES string of the molecule is CC1(C)C=CC=CC1/C=C/c1cc2ccc(N3CCCC3)cc2oc1=O. The molecule has 2 aliphatic rings. The van der Waals surface area contributed by atoms with Crippen LogP contribution >= 0.6 is 0 Å². The summed E-state index contributed by atoms with van der Waals surface area (Å²) in [6, 6.07) is 8.10. The predicted molar refractivity (Wildman–Crippen MR) is 109 cm³/mol. The van der Waals surface area contributed by atoms with Crippen molar-refractivity contribution in [2.75, 3.05) is 18.0 Å². The number of nitrogens with zero attached hydrogens (tertiary/aromatic N) is 1. The fraction of sp³-hybridized carbons (Fsp3) is 0.348. The van der Waals surface area contributed by atoms with Crippen LogP contribution < -0.4 is 10.5 Å². The predicted octanol–water partition coefficient (Wildman–Crippen LogP) is 5.17. The highest BCUT2D eigenvalue weighted by Gasteiger charge is 2.24. The van der Waals surface area contributed by atoms with Crippen LogP contribution in [0.15, 0.2) is 63.9 Å². The molecule has 1 atom stereocenters. The number of hydrogen-bond acceptors (Lipinski definition) is 3. The van der Waals surface area contributed by atoms with Crippen LogP contribution in [0, 0.1) is 11.3 Å². The summed E-state index contributed by atoms with van der Waals surface area (Å²) in [5.41, 5.74) is 2.18. The van der Waals surface area contributed by atoms with Crippen molar-refractivity contribution in [3.63, 3.8) is 0 Å². The van der Waals surface area contributed by atoms with E-state index in [2.05, 4.69) is 61.3 Å². The quantitative estimate of drug-likeness (QED) is 0.718. The van der Waals surface area contributed by atoms with Crippen LogP contribution in [0.4, 0.5) is 5.69 Å². The van der Waals surface area contributed by atoms with Crippen molar-refractivity contribution in [1.82, 2.24) is 0 Å². The number of anilines is 1. The van der Waals surface area contributed by atoms with Crippen LogP contribution in [0.25, 0.3) is 17.0 Å². The molecule has 1 aliphatic heterocycles. The molecule has 1 fully saturated rings. The molecule has 26 heavy (non-hydrogen) atoms. The zero-order valence-electron chi connectivity index (χ0n) is 15.4. The Kier molecular flexibility index (Phi) is 4.31. The van der Waals surface area contributed by atoms with Gasteiger partial charge in [0, 0.05) is 36.1 Å². The molecule has 1 saturated heterocycles. The van der Waals surface area contributed by atoms with Crippen LogP contribution in [-0.4, -0.2) is 13.1 Å². The van der Waals surface area contributed by atoms with E-state index in [1.54, 1.807) is 0 Å². The van der Waals surface area contributed by atoms with Crippen LogP contribution in [0.2, 0.25) is 0 Å². The third-order valence-electron chi connectivity index (χ3n) is 5.52. The lowest BCUT2D eigenvalue weighted by molar-refractivity contribution is 0.398. The monoisotopic (exact) mass is 347 g/mol. The molecule has 0 amide bonds. The molecule has 3 heteroatoms. The van der Waals surface area contributed by atoms with Gasteiger partial charge in [-0.25, -0.2) is 4.79 Å². The molecular weight excluding hydrogens is 322 g/mol. The second kappa shape index (κ2) is 6.64. The number of benzene rings is 1. The Labute approximate surface area is 154 Å². The summed E-state index contributed by atoms with van der Waals surface area (Å²) in [7, 11) is 0. The molecule has 4 rings (SSSR count). The average molecular weight is 347 g/mol. The van der Waals surface area contributed by atoms with Gasteiger partial charge in [0.2, 0.25) is 0 Å². The van der Waals surface area contributed by atoms with Crippen molar-refractivity contribution < 1.29 is 4.42 Å². The summed E-state index contributed by atoms with van der Waals surface area (Å²) >= 11 is 0. The molecule has 0 radical (unpaired) electrons. The lowest BCUT2D eigenvalue weighted by Gasteiger charge is -2.29. The summed E-state index contributed by atoms with van der Waals surface area (Å²) in [5.74, 6) is 0.264. The first kappa shape index (κ1) is 16.9. The van der Waals surface area contributed by atoms with E-state index in [1.807, 2.05) is 18.2 Å². The van der Waals surface area contributed by atoms with Crippen molar-refractivity contribution in [2.45, 2.75) is 26.7 Å². The van der Waals surface area contributed by atoms with Gasteiger partial charge in [0.25, 0.3) is 0 Å². The topological polar surface area (TPSA) is 33.5 Å². The Balaban J connectivity index is 1.64. The van der Waals surface area contributed by atoms with Gasteiger partial charge < -0.3 is 9.32 Å². The normalized spacial score (nSPS) is 21.9. The smallest absolute Gasteiger partial charge is 0.343 e. The first-order chi connectivity index (χ1) is 12.5. The van der Waals surface area contributed by atoms with Gasteiger partial charge in [0.05, 0.1) is 5.56 Å². The second-order valence-electron chi connectivity index (χ2n) is 7.86. The minimum absolute atomic E-state index is 0.0485. The van der Waals surface area contributed by atoms with Gasteiger partial charge in [-0.1, -0.05) is 50.3 Å². The Bertz CT molecular complexity index is 956. The summed E-state index contributed by atoms with van der Waals surface area (Å²) < 4.78 is 5.62. The zero-order valence-corrected chi connectivity index (χ0v) is 15.4. The van der Waals surface area contributed by atoms with Crippen molar-refractivity contribution in [3.8, 4) is 0 Å². The third-order valence-corrected chi connectivity index (χ3v) is 5.52. The third kappa shape index (κ3) is 3.26. The molecule has 0 N–H and O–H groups in total. The van der Waals surface area contributed by atoms with Crippen molar-refractivity contribution in [2.24, 2.45) is 11.3 Å². The second-order valence-corrected chi connectivity index (χ2v) is 7.86. The van der Waals surface area contributed by atoms with E-state index in [4.69, 9.17) is 4.42 Å². The molecule has 1 aliphatic carbocycles. The molecule has 0 bridgehead atoms. The van der Waals surface area contributed by atoms with Crippen LogP contribution in [-0.2, 0) is 0 Å². The number of rotatable bonds is 3. The van der Waals surface area contributed by atoms with Crippen LogP contribution in [0.5, 0.6) is 0 Å². The summed E-state index contributed by atoms with van der Waals surface area (Å²) in [6.07, 6.45) is 15.0. The first-order valence-electron chi connectivity index (χ1n) is 9.40. The highest BCUT2D eigenvalue weighted by molar-refractivity contribution is 5.82. The van der Waals surface area contributed by atoms with Gasteiger partial charge in [-0.15, -0.1) is 0 Å². The highest BCUT2D eigenvalue weighted by atomic mass is 16.4. The number of fused-ring (bicyclic) bond motifs is 1. The van der Waals surface area contributed by atoms with Crippen molar-refractivity contribution in [3.05, 3.63) is 70.6 Å². The highest BCUT2D eigenvalue weighted by Crippen LogP contribution is 2.34. The van der Waals surface area contributed by atoms with E-state index in [1.165, 1.54) is 12.8 Å². The number of hydrogen-bond donors (Lipinski definition) is 0. The molecule has 1 aromatic carbocycles. The molecule has 3 nitrogen and oxygen atoms in total. The maximum atomic E-state index is 12.4. The van der Waals surface area contributed by atoms with Crippen molar-refractivity contribution >= 4 is 22.7 Å². The van der Waals surface area contributed by atoms with Gasteiger partial charge in [-0.05, 0) is 36.5 Å². The van der Waals surface area contributed by atoms with Gasteiger partial charge in [0.1, 0.15) is 5.58 Å². The largest absolute Gasteiger partial charge is 0.422 e. The first-order valence-corrected chi connectivity index (χ1v) is 9.40. The van der Waals surface area contributed by atoms with Gasteiger partial charge in [-0.2, -0.15) is 0 Å². The van der Waals surface area contributed by atoms with E-state index < -0.39 is 0 Å². The molecule has 0 spiro atoms. The molecule has 0 saturated carbocycles. The lowest BCUT2D eigenvalue weighted by atomic mass is 9.76. The molecular formula is C23H25NO2. The number of allylic oxidation sites excluding steroid dienone is 5. The zero-order chi connectivity index (χ0) is 18.1. The van der Waals surface area contributed by atoms with Gasteiger partial charge in [-0.3, -0.25) is 0 Å². The van der Waals surface area contributed by atoms with E-state index >= 15 is 0 Å². The minimum atomic E-state index is -0.277. The molecule has 2 aromatic rings. The van der Waals surface area contributed by atoms with E-state index in [-0.39, 0.29) is 17.0 Å². The average Bonchev–Trinajstić information content (AvgIpc) is 3.15. The fourth-order valence-electron chi connectivity index (χ4n) is 3.77. The molecule has 134 valence electrons. The summed E-state index contributed by atoms with van der Waals surface area (Å²) in [5, 5.41) is 0.963. The van der Waals surface area contributed by atoms with E-state index in [9.17, 15) is 4.79 Å². The standard InChI is InChI=1S/C23H25NO2/c1-23(2)12-4-3-7-19(23)10-8-18-15-17-9-11-20(24-13-5-6-14-24)16-21(17)26-22(18)25/h3-4,7-12,15-16,19H,5-6,13-14H2,1-2H3/b10-8+. The summed E-state index contributed by atoms with van der Waals surface area (Å²) in [6.45, 7) is 6.56. The van der Waals surface area contributed by atoms with Crippen molar-refractivity contribution in [1.29, 1.82) is 0 Å². The lowest BCUT2D eigenvalue weighted by Crippen LogP contribution is -2.19. The van der Waals surface area contributed by atoms with E-state index in [0.717, 1.165) is 24.2 Å². The maximum absolute atomic E-state index is 12.4. The molecule has 1 aromatic heterocycles. The summed E-state index contributed by atoms with van der Waals surface area (Å²) in [4.78, 5) is 14.8. The maximum Gasteiger partial charge on any atom is 0.343 e.